The smallest absolute Gasteiger partial charge is 0.120 e. The van der Waals surface area contributed by atoms with Crippen molar-refractivity contribution in [3.8, 4) is 5.75 Å². The summed E-state index contributed by atoms with van der Waals surface area (Å²) >= 11 is 6.18. The van der Waals surface area contributed by atoms with E-state index in [1.54, 1.807) is 13.2 Å². The van der Waals surface area contributed by atoms with Gasteiger partial charge in [0.1, 0.15) is 5.75 Å². The fourth-order valence-electron chi connectivity index (χ4n) is 2.54. The molecule has 1 rings (SSSR count). The largest absolute Gasteiger partial charge is 0.497 e. The number of hydrogen-bond acceptors (Lipinski definition) is 2. The second-order valence-electron chi connectivity index (χ2n) is 6.51. The van der Waals surface area contributed by atoms with E-state index in [0.717, 1.165) is 18.4 Å². The molecule has 0 aromatic heterocycles. The number of halogens is 1. The fraction of sp³-hybridized carbons (Fsp3) is 0.625. The maximum Gasteiger partial charge on any atom is 0.120 e. The number of rotatable bonds is 5. The summed E-state index contributed by atoms with van der Waals surface area (Å²) < 4.78 is 5.11. The average Bonchev–Trinajstić information content (AvgIpc) is 2.25. The summed E-state index contributed by atoms with van der Waals surface area (Å²) in [5, 5.41) is 10.9. The predicted molar refractivity (Wildman–Crippen MR) is 80.8 cm³/mol. The van der Waals surface area contributed by atoms with E-state index in [-0.39, 0.29) is 5.41 Å². The number of methoxy groups -OCH3 is 1. The van der Waals surface area contributed by atoms with Crippen LogP contribution in [0.3, 0.4) is 0 Å². The van der Waals surface area contributed by atoms with Gasteiger partial charge in [-0.15, -0.1) is 0 Å². The van der Waals surface area contributed by atoms with Gasteiger partial charge in [0.15, 0.2) is 0 Å². The lowest BCUT2D eigenvalue weighted by atomic mass is 9.82. The van der Waals surface area contributed by atoms with Gasteiger partial charge in [-0.25, -0.2) is 0 Å². The third kappa shape index (κ3) is 5.42. The lowest BCUT2D eigenvalue weighted by molar-refractivity contribution is 0.134. The van der Waals surface area contributed by atoms with Gasteiger partial charge in [-0.1, -0.05) is 45.4 Å². The number of ether oxygens (including phenoxy) is 1. The number of aliphatic hydroxyl groups is 1. The Morgan fingerprint density at radius 1 is 1.32 bits per heavy atom. The molecule has 0 aliphatic rings. The van der Waals surface area contributed by atoms with Gasteiger partial charge in [-0.05, 0) is 41.9 Å². The Hall–Kier alpha value is -0.730. The van der Waals surface area contributed by atoms with Gasteiger partial charge in [-0.3, -0.25) is 0 Å². The van der Waals surface area contributed by atoms with Crippen molar-refractivity contribution >= 4 is 11.6 Å². The molecule has 2 nitrogen and oxygen atoms in total. The third-order valence-corrected chi connectivity index (χ3v) is 3.48. The van der Waals surface area contributed by atoms with Gasteiger partial charge < -0.3 is 9.84 Å². The molecule has 0 bridgehead atoms. The average molecular weight is 285 g/mol. The molecule has 0 fully saturated rings. The molecule has 0 saturated carbocycles. The molecule has 0 radical (unpaired) electrons. The molecule has 0 heterocycles. The first-order valence-corrected chi connectivity index (χ1v) is 7.12. The first kappa shape index (κ1) is 16.3. The van der Waals surface area contributed by atoms with E-state index >= 15 is 0 Å². The van der Waals surface area contributed by atoms with Crippen LogP contribution in [0.2, 0.25) is 5.02 Å². The number of aliphatic hydroxyl groups excluding tert-OH is 1. The van der Waals surface area contributed by atoms with Crippen LogP contribution in [-0.2, 0) is 0 Å². The van der Waals surface area contributed by atoms with Crippen molar-refractivity contribution in [3.63, 3.8) is 0 Å². The second-order valence-corrected chi connectivity index (χ2v) is 6.92. The third-order valence-electron chi connectivity index (χ3n) is 3.15. The SMILES string of the molecule is COc1ccc(C(O)CC(C)CC(C)(C)C)c(Cl)c1. The Bertz CT molecular complexity index is 410. The molecule has 2 atom stereocenters. The van der Waals surface area contributed by atoms with Crippen molar-refractivity contribution in [1.29, 1.82) is 0 Å². The summed E-state index contributed by atoms with van der Waals surface area (Å²) in [4.78, 5) is 0. The molecule has 0 saturated heterocycles. The first-order valence-electron chi connectivity index (χ1n) is 6.74. The molecule has 0 aliphatic heterocycles. The van der Waals surface area contributed by atoms with Gasteiger partial charge in [0.2, 0.25) is 0 Å². The van der Waals surface area contributed by atoms with Crippen LogP contribution in [0, 0.1) is 11.3 Å². The molecule has 1 aromatic carbocycles. The molecule has 0 amide bonds. The van der Waals surface area contributed by atoms with E-state index in [9.17, 15) is 5.11 Å². The summed E-state index contributed by atoms with van der Waals surface area (Å²) in [5.41, 5.74) is 1.06. The van der Waals surface area contributed by atoms with E-state index in [1.165, 1.54) is 0 Å². The molecule has 0 aliphatic carbocycles. The second kappa shape index (κ2) is 6.62. The van der Waals surface area contributed by atoms with Crippen LogP contribution in [-0.4, -0.2) is 12.2 Å². The zero-order valence-electron chi connectivity index (χ0n) is 12.5. The topological polar surface area (TPSA) is 29.5 Å². The summed E-state index contributed by atoms with van der Waals surface area (Å²) in [7, 11) is 1.60. The van der Waals surface area contributed by atoms with Gasteiger partial charge >= 0.3 is 0 Å². The Morgan fingerprint density at radius 2 is 1.95 bits per heavy atom. The van der Waals surface area contributed by atoms with Crippen molar-refractivity contribution in [2.24, 2.45) is 11.3 Å². The molecule has 2 unspecified atom stereocenters. The first-order chi connectivity index (χ1) is 8.73. The van der Waals surface area contributed by atoms with Gasteiger partial charge in [0, 0.05) is 0 Å². The highest BCUT2D eigenvalue weighted by molar-refractivity contribution is 6.31. The zero-order chi connectivity index (χ0) is 14.6. The lowest BCUT2D eigenvalue weighted by Crippen LogP contribution is -2.13. The highest BCUT2D eigenvalue weighted by atomic mass is 35.5. The van der Waals surface area contributed by atoms with Gasteiger partial charge in [-0.2, -0.15) is 0 Å². The van der Waals surface area contributed by atoms with E-state index in [0.29, 0.717) is 16.7 Å². The lowest BCUT2D eigenvalue weighted by Gasteiger charge is -2.25. The molecule has 3 heteroatoms. The van der Waals surface area contributed by atoms with Crippen LogP contribution in [0.1, 0.15) is 52.2 Å². The Labute approximate surface area is 121 Å². The Kier molecular flexibility index (Phi) is 5.69. The minimum atomic E-state index is -0.518. The van der Waals surface area contributed by atoms with Crippen molar-refractivity contribution in [2.45, 2.75) is 46.6 Å². The molecule has 19 heavy (non-hydrogen) atoms. The van der Waals surface area contributed by atoms with Crippen LogP contribution in [0.25, 0.3) is 0 Å². The quantitative estimate of drug-likeness (QED) is 0.838. The minimum Gasteiger partial charge on any atom is -0.497 e. The fourth-order valence-corrected chi connectivity index (χ4v) is 2.84. The molecule has 108 valence electrons. The number of hydrogen-bond donors (Lipinski definition) is 1. The van der Waals surface area contributed by atoms with Crippen LogP contribution >= 0.6 is 11.6 Å². The van der Waals surface area contributed by atoms with E-state index in [4.69, 9.17) is 16.3 Å². The van der Waals surface area contributed by atoms with Gasteiger partial charge in [0.25, 0.3) is 0 Å². The maximum absolute atomic E-state index is 10.3. The molecule has 1 N–H and O–H groups in total. The summed E-state index contributed by atoms with van der Waals surface area (Å²) in [6.45, 7) is 8.83. The van der Waals surface area contributed by atoms with E-state index in [2.05, 4.69) is 27.7 Å². The van der Waals surface area contributed by atoms with Gasteiger partial charge in [0.05, 0.1) is 18.2 Å². The van der Waals surface area contributed by atoms with Crippen LogP contribution in [0.5, 0.6) is 5.75 Å². The molecular weight excluding hydrogens is 260 g/mol. The molecular formula is C16H25ClO2. The van der Waals surface area contributed by atoms with Crippen molar-refractivity contribution in [3.05, 3.63) is 28.8 Å². The molecule has 1 aromatic rings. The van der Waals surface area contributed by atoms with Crippen LogP contribution in [0.15, 0.2) is 18.2 Å². The summed E-state index contributed by atoms with van der Waals surface area (Å²) in [5.74, 6) is 1.16. The highest BCUT2D eigenvalue weighted by Gasteiger charge is 2.20. The Balaban J connectivity index is 2.70. The highest BCUT2D eigenvalue weighted by Crippen LogP contribution is 2.34. The zero-order valence-corrected chi connectivity index (χ0v) is 13.3. The minimum absolute atomic E-state index is 0.281. The van der Waals surface area contributed by atoms with Crippen molar-refractivity contribution in [1.82, 2.24) is 0 Å². The molecule has 0 spiro atoms. The van der Waals surface area contributed by atoms with Crippen LogP contribution < -0.4 is 4.74 Å². The summed E-state index contributed by atoms with van der Waals surface area (Å²) in [6.07, 6.45) is 1.29. The predicted octanol–water partition coefficient (Wildman–Crippen LogP) is 4.84. The monoisotopic (exact) mass is 284 g/mol. The van der Waals surface area contributed by atoms with E-state index in [1.807, 2.05) is 12.1 Å². The van der Waals surface area contributed by atoms with E-state index < -0.39 is 6.10 Å². The van der Waals surface area contributed by atoms with Crippen molar-refractivity contribution in [2.75, 3.05) is 7.11 Å². The summed E-state index contributed by atoms with van der Waals surface area (Å²) in [6, 6.07) is 5.42. The Morgan fingerprint density at radius 3 is 2.42 bits per heavy atom. The normalized spacial score (nSPS) is 15.1. The standard InChI is InChI=1S/C16H25ClO2/c1-11(10-16(2,3)4)8-15(18)13-7-6-12(19-5)9-14(13)17/h6-7,9,11,15,18H,8,10H2,1-5H3. The van der Waals surface area contributed by atoms with Crippen LogP contribution in [0.4, 0.5) is 0 Å². The maximum atomic E-state index is 10.3. The van der Waals surface area contributed by atoms with Crippen molar-refractivity contribution < 1.29 is 9.84 Å². The number of benzene rings is 1.